The standard InChI is InChI=1S/C17H17N3/c1-12-11-20-10-9-14-7-8-15(13-5-3-2-4-6-13)19-16(14)17(20)18-12/h2-6,9-11,15,19H,7-8H2,1H3. The van der Waals surface area contributed by atoms with Crippen LogP contribution >= 0.6 is 0 Å². The third-order valence-electron chi connectivity index (χ3n) is 4.06. The second-order valence-electron chi connectivity index (χ2n) is 5.48. The van der Waals surface area contributed by atoms with Gasteiger partial charge in [-0.15, -0.1) is 0 Å². The minimum Gasteiger partial charge on any atom is -0.375 e. The van der Waals surface area contributed by atoms with Crippen molar-refractivity contribution in [2.45, 2.75) is 25.8 Å². The highest BCUT2D eigenvalue weighted by Crippen LogP contribution is 2.34. The van der Waals surface area contributed by atoms with Crippen molar-refractivity contribution >= 4 is 11.3 Å². The van der Waals surface area contributed by atoms with E-state index in [2.05, 4.69) is 63.5 Å². The van der Waals surface area contributed by atoms with E-state index in [0.29, 0.717) is 6.04 Å². The first-order chi connectivity index (χ1) is 9.81. The number of hydrogen-bond donors (Lipinski definition) is 1. The average Bonchev–Trinajstić information content (AvgIpc) is 2.88. The van der Waals surface area contributed by atoms with Crippen LogP contribution in [-0.4, -0.2) is 9.38 Å². The molecule has 4 rings (SSSR count). The van der Waals surface area contributed by atoms with E-state index in [-0.39, 0.29) is 0 Å². The normalized spacial score (nSPS) is 17.8. The van der Waals surface area contributed by atoms with E-state index in [9.17, 15) is 0 Å². The molecule has 1 unspecified atom stereocenters. The molecule has 0 spiro atoms. The van der Waals surface area contributed by atoms with Crippen LogP contribution in [0, 0.1) is 6.92 Å². The number of aryl methyl sites for hydroxylation is 2. The number of anilines is 1. The van der Waals surface area contributed by atoms with Gasteiger partial charge in [0.1, 0.15) is 0 Å². The Morgan fingerprint density at radius 2 is 2.05 bits per heavy atom. The molecule has 0 aliphatic carbocycles. The predicted molar refractivity (Wildman–Crippen MR) is 81.1 cm³/mol. The molecule has 2 aromatic heterocycles. The predicted octanol–water partition coefficient (Wildman–Crippen LogP) is 3.74. The Labute approximate surface area is 118 Å². The van der Waals surface area contributed by atoms with Gasteiger partial charge in [-0.3, -0.25) is 0 Å². The summed E-state index contributed by atoms with van der Waals surface area (Å²) in [6.07, 6.45) is 6.42. The number of nitrogens with one attached hydrogen (secondary N) is 1. The number of pyridine rings is 1. The Morgan fingerprint density at radius 3 is 2.90 bits per heavy atom. The SMILES string of the molecule is Cc1cn2ccc3c(c2n1)NC(c1ccccc1)CC3. The van der Waals surface area contributed by atoms with E-state index >= 15 is 0 Å². The molecule has 1 aliphatic heterocycles. The smallest absolute Gasteiger partial charge is 0.160 e. The Kier molecular flexibility index (Phi) is 2.52. The maximum Gasteiger partial charge on any atom is 0.160 e. The summed E-state index contributed by atoms with van der Waals surface area (Å²) in [5, 5.41) is 3.69. The lowest BCUT2D eigenvalue weighted by Crippen LogP contribution is -2.18. The van der Waals surface area contributed by atoms with Crippen molar-refractivity contribution < 1.29 is 0 Å². The first kappa shape index (κ1) is 11.5. The second kappa shape index (κ2) is 4.37. The van der Waals surface area contributed by atoms with E-state index in [4.69, 9.17) is 0 Å². The zero-order valence-electron chi connectivity index (χ0n) is 11.5. The Balaban J connectivity index is 1.79. The fourth-order valence-electron chi connectivity index (χ4n) is 3.06. The van der Waals surface area contributed by atoms with Gasteiger partial charge in [-0.25, -0.2) is 4.98 Å². The largest absolute Gasteiger partial charge is 0.375 e. The van der Waals surface area contributed by atoms with Gasteiger partial charge in [0.25, 0.3) is 0 Å². The zero-order valence-corrected chi connectivity index (χ0v) is 11.5. The van der Waals surface area contributed by atoms with Crippen LogP contribution in [0.5, 0.6) is 0 Å². The van der Waals surface area contributed by atoms with E-state index < -0.39 is 0 Å². The highest BCUT2D eigenvalue weighted by atomic mass is 15.1. The molecule has 1 atom stereocenters. The van der Waals surface area contributed by atoms with Gasteiger partial charge in [-0.05, 0) is 37.0 Å². The summed E-state index contributed by atoms with van der Waals surface area (Å²) in [5.74, 6) is 0. The lowest BCUT2D eigenvalue weighted by atomic mass is 9.94. The van der Waals surface area contributed by atoms with Crippen LogP contribution in [0.15, 0.2) is 48.8 Å². The lowest BCUT2D eigenvalue weighted by molar-refractivity contribution is 0.667. The Morgan fingerprint density at radius 1 is 1.20 bits per heavy atom. The fourth-order valence-corrected chi connectivity index (χ4v) is 3.06. The third kappa shape index (κ3) is 1.78. The quantitative estimate of drug-likeness (QED) is 0.724. The van der Waals surface area contributed by atoms with Crippen LogP contribution in [0.4, 0.5) is 5.69 Å². The molecule has 3 aromatic rings. The first-order valence-corrected chi connectivity index (χ1v) is 7.10. The number of imidazole rings is 1. The van der Waals surface area contributed by atoms with Crippen molar-refractivity contribution in [2.75, 3.05) is 5.32 Å². The molecule has 1 aromatic carbocycles. The minimum absolute atomic E-state index is 0.381. The number of nitrogens with zero attached hydrogens (tertiary/aromatic N) is 2. The van der Waals surface area contributed by atoms with Crippen LogP contribution in [0.1, 0.15) is 29.3 Å². The monoisotopic (exact) mass is 263 g/mol. The molecule has 0 fully saturated rings. The average molecular weight is 263 g/mol. The summed E-state index contributed by atoms with van der Waals surface area (Å²) in [4.78, 5) is 4.66. The van der Waals surface area contributed by atoms with Gasteiger partial charge in [0.2, 0.25) is 0 Å². The van der Waals surface area contributed by atoms with Crippen LogP contribution in [-0.2, 0) is 6.42 Å². The van der Waals surface area contributed by atoms with Crippen molar-refractivity contribution in [1.29, 1.82) is 0 Å². The number of aromatic nitrogens is 2. The molecule has 0 radical (unpaired) electrons. The summed E-state index contributed by atoms with van der Waals surface area (Å²) in [6, 6.07) is 13.2. The fraction of sp³-hybridized carbons (Fsp3) is 0.235. The first-order valence-electron chi connectivity index (χ1n) is 7.10. The molecular weight excluding hydrogens is 246 g/mol. The number of rotatable bonds is 1. The molecule has 0 bridgehead atoms. The molecule has 20 heavy (non-hydrogen) atoms. The van der Waals surface area contributed by atoms with Crippen LogP contribution in [0.2, 0.25) is 0 Å². The van der Waals surface area contributed by atoms with Crippen molar-refractivity contribution in [3.63, 3.8) is 0 Å². The summed E-state index contributed by atoms with van der Waals surface area (Å²) in [7, 11) is 0. The van der Waals surface area contributed by atoms with Crippen LogP contribution in [0.25, 0.3) is 5.65 Å². The maximum absolute atomic E-state index is 4.66. The van der Waals surface area contributed by atoms with Gasteiger partial charge in [-0.1, -0.05) is 30.3 Å². The van der Waals surface area contributed by atoms with Gasteiger partial charge in [0, 0.05) is 12.4 Å². The molecule has 3 heteroatoms. The number of hydrogen-bond acceptors (Lipinski definition) is 2. The highest BCUT2D eigenvalue weighted by Gasteiger charge is 2.21. The summed E-state index contributed by atoms with van der Waals surface area (Å²) < 4.78 is 2.11. The summed E-state index contributed by atoms with van der Waals surface area (Å²) >= 11 is 0. The maximum atomic E-state index is 4.66. The molecule has 1 aliphatic rings. The van der Waals surface area contributed by atoms with Crippen molar-refractivity contribution in [3.8, 4) is 0 Å². The van der Waals surface area contributed by atoms with Gasteiger partial charge in [-0.2, -0.15) is 0 Å². The number of benzene rings is 1. The van der Waals surface area contributed by atoms with E-state index in [1.54, 1.807) is 0 Å². The third-order valence-corrected chi connectivity index (χ3v) is 4.06. The van der Waals surface area contributed by atoms with Gasteiger partial charge in [0.05, 0.1) is 17.4 Å². The minimum atomic E-state index is 0.381. The second-order valence-corrected chi connectivity index (χ2v) is 5.48. The van der Waals surface area contributed by atoms with Crippen LogP contribution < -0.4 is 5.32 Å². The summed E-state index contributed by atoms with van der Waals surface area (Å²) in [6.45, 7) is 2.04. The zero-order chi connectivity index (χ0) is 13.5. The van der Waals surface area contributed by atoms with Gasteiger partial charge in [0.15, 0.2) is 5.65 Å². The number of fused-ring (bicyclic) bond motifs is 3. The molecule has 3 nitrogen and oxygen atoms in total. The van der Waals surface area contributed by atoms with Gasteiger partial charge >= 0.3 is 0 Å². The molecule has 0 amide bonds. The van der Waals surface area contributed by atoms with Crippen molar-refractivity contribution in [1.82, 2.24) is 9.38 Å². The van der Waals surface area contributed by atoms with Crippen molar-refractivity contribution in [3.05, 3.63) is 65.6 Å². The van der Waals surface area contributed by atoms with E-state index in [1.807, 2.05) is 6.92 Å². The van der Waals surface area contributed by atoms with E-state index in [1.165, 1.54) is 16.8 Å². The highest BCUT2D eigenvalue weighted by molar-refractivity contribution is 5.73. The topological polar surface area (TPSA) is 29.3 Å². The van der Waals surface area contributed by atoms with Crippen molar-refractivity contribution in [2.24, 2.45) is 0 Å². The molecule has 0 saturated carbocycles. The summed E-state index contributed by atoms with van der Waals surface area (Å²) in [5.41, 5.74) is 6.02. The van der Waals surface area contributed by atoms with Gasteiger partial charge < -0.3 is 9.72 Å². The molecular formula is C17H17N3. The van der Waals surface area contributed by atoms with Crippen LogP contribution in [0.3, 0.4) is 0 Å². The van der Waals surface area contributed by atoms with E-state index in [0.717, 1.165) is 24.2 Å². The molecule has 100 valence electrons. The molecule has 1 N–H and O–H groups in total. The molecule has 0 saturated heterocycles. The Hall–Kier alpha value is -2.29. The molecule has 3 heterocycles. The lowest BCUT2D eigenvalue weighted by Gasteiger charge is -2.27. The Bertz CT molecular complexity index is 759.